The second kappa shape index (κ2) is 7.22. The van der Waals surface area contributed by atoms with Gasteiger partial charge in [0.15, 0.2) is 0 Å². The summed E-state index contributed by atoms with van der Waals surface area (Å²) in [7, 11) is 0. The Morgan fingerprint density at radius 3 is 3.00 bits per heavy atom. The predicted molar refractivity (Wildman–Crippen MR) is 78.7 cm³/mol. The molecule has 106 valence electrons. The van der Waals surface area contributed by atoms with E-state index in [2.05, 4.69) is 16.8 Å². The molecule has 1 aliphatic heterocycles. The van der Waals surface area contributed by atoms with Crippen molar-refractivity contribution in [2.24, 2.45) is 11.7 Å². The fourth-order valence-electron chi connectivity index (χ4n) is 2.38. The number of hydrogen-bond acceptors (Lipinski definition) is 4. The molecule has 0 saturated carbocycles. The molecule has 0 aliphatic carbocycles. The van der Waals surface area contributed by atoms with Crippen molar-refractivity contribution < 1.29 is 4.39 Å². The quantitative estimate of drug-likeness (QED) is 0.920. The van der Waals surface area contributed by atoms with Crippen LogP contribution in [-0.4, -0.2) is 41.0 Å². The summed E-state index contributed by atoms with van der Waals surface area (Å²) in [5.41, 5.74) is 7.00. The van der Waals surface area contributed by atoms with Crippen LogP contribution in [0.4, 0.5) is 4.39 Å². The topological polar surface area (TPSA) is 42.1 Å². The number of nitrogens with two attached hydrogens (primary N) is 1. The number of hydrogen-bond donors (Lipinski definition) is 1. The van der Waals surface area contributed by atoms with E-state index < -0.39 is 0 Å². The Hall–Kier alpha value is -0.650. The Morgan fingerprint density at radius 2 is 2.26 bits per heavy atom. The van der Waals surface area contributed by atoms with Crippen LogP contribution in [0.1, 0.15) is 25.1 Å². The van der Waals surface area contributed by atoms with Gasteiger partial charge in [-0.2, -0.15) is 11.8 Å². The monoisotopic (exact) mass is 283 g/mol. The van der Waals surface area contributed by atoms with Gasteiger partial charge in [-0.05, 0) is 36.8 Å². The van der Waals surface area contributed by atoms with Crippen LogP contribution in [0.2, 0.25) is 0 Å². The van der Waals surface area contributed by atoms with Gasteiger partial charge in [0.2, 0.25) is 0 Å². The van der Waals surface area contributed by atoms with Gasteiger partial charge in [-0.1, -0.05) is 6.92 Å². The van der Waals surface area contributed by atoms with Gasteiger partial charge in [0.05, 0.1) is 17.9 Å². The molecule has 1 aromatic rings. The Bertz CT molecular complexity index is 377. The fraction of sp³-hybridized carbons (Fsp3) is 0.643. The van der Waals surface area contributed by atoms with Crippen molar-refractivity contribution in [2.45, 2.75) is 19.4 Å². The summed E-state index contributed by atoms with van der Waals surface area (Å²) in [6.07, 6.45) is 2.49. The number of thioether (sulfide) groups is 1. The van der Waals surface area contributed by atoms with E-state index >= 15 is 0 Å². The molecule has 1 aliphatic rings. The van der Waals surface area contributed by atoms with E-state index in [4.69, 9.17) is 5.73 Å². The van der Waals surface area contributed by atoms with Crippen LogP contribution >= 0.6 is 11.8 Å². The maximum atomic E-state index is 12.9. The molecule has 19 heavy (non-hydrogen) atoms. The Labute approximate surface area is 118 Å². The summed E-state index contributed by atoms with van der Waals surface area (Å²) < 4.78 is 12.9. The van der Waals surface area contributed by atoms with Crippen LogP contribution in [0.3, 0.4) is 0 Å². The fourth-order valence-corrected chi connectivity index (χ4v) is 3.30. The van der Waals surface area contributed by atoms with E-state index in [1.165, 1.54) is 30.2 Å². The van der Waals surface area contributed by atoms with Crippen molar-refractivity contribution in [1.29, 1.82) is 0 Å². The van der Waals surface area contributed by atoms with E-state index in [0.717, 1.165) is 25.3 Å². The Balaban J connectivity index is 1.90. The van der Waals surface area contributed by atoms with Gasteiger partial charge in [0, 0.05) is 18.8 Å². The highest BCUT2D eigenvalue weighted by molar-refractivity contribution is 7.99. The van der Waals surface area contributed by atoms with Gasteiger partial charge in [-0.25, -0.2) is 4.39 Å². The molecule has 1 saturated heterocycles. The lowest BCUT2D eigenvalue weighted by Gasteiger charge is -2.27. The second-order valence-electron chi connectivity index (χ2n) is 5.17. The highest BCUT2D eigenvalue weighted by Gasteiger charge is 2.20. The minimum Gasteiger partial charge on any atom is -0.322 e. The van der Waals surface area contributed by atoms with Crippen LogP contribution < -0.4 is 5.73 Å². The summed E-state index contributed by atoms with van der Waals surface area (Å²) in [5, 5.41) is 0. The summed E-state index contributed by atoms with van der Waals surface area (Å²) in [6, 6.07) is 2.99. The van der Waals surface area contributed by atoms with Crippen LogP contribution in [-0.2, 0) is 0 Å². The second-order valence-corrected chi connectivity index (χ2v) is 6.40. The molecule has 2 atom stereocenters. The average Bonchev–Trinajstić information content (AvgIpc) is 2.67. The van der Waals surface area contributed by atoms with E-state index in [9.17, 15) is 4.39 Å². The standard InChI is InChI=1S/C14H22FN3S/c1-11(10-18-5-2-7-19-8-6-18)14(16)13-4-3-12(15)9-17-13/h3-4,9,11,14H,2,5-8,10,16H2,1H3. The largest absolute Gasteiger partial charge is 0.322 e. The molecular weight excluding hydrogens is 261 g/mol. The minimum absolute atomic E-state index is 0.128. The molecule has 0 bridgehead atoms. The first kappa shape index (κ1) is 14.8. The van der Waals surface area contributed by atoms with E-state index in [-0.39, 0.29) is 11.9 Å². The van der Waals surface area contributed by atoms with Crippen molar-refractivity contribution in [3.63, 3.8) is 0 Å². The SMILES string of the molecule is CC(CN1CCCSCC1)C(N)c1ccc(F)cn1. The molecule has 1 aromatic heterocycles. The third-order valence-electron chi connectivity index (χ3n) is 3.57. The molecule has 2 heterocycles. The van der Waals surface area contributed by atoms with E-state index in [1.807, 2.05) is 11.8 Å². The molecule has 0 spiro atoms. The third-order valence-corrected chi connectivity index (χ3v) is 4.61. The lowest BCUT2D eigenvalue weighted by Crippen LogP contribution is -2.35. The molecule has 2 N–H and O–H groups in total. The molecule has 2 rings (SSSR count). The molecule has 0 aromatic carbocycles. The number of pyridine rings is 1. The van der Waals surface area contributed by atoms with Crippen molar-refractivity contribution in [3.05, 3.63) is 29.8 Å². The van der Waals surface area contributed by atoms with Gasteiger partial charge in [0.1, 0.15) is 5.82 Å². The molecule has 0 amide bonds. The number of rotatable bonds is 4. The van der Waals surface area contributed by atoms with Crippen molar-refractivity contribution in [2.75, 3.05) is 31.1 Å². The van der Waals surface area contributed by atoms with Gasteiger partial charge in [0.25, 0.3) is 0 Å². The molecule has 5 heteroatoms. The lowest BCUT2D eigenvalue weighted by molar-refractivity contribution is 0.236. The molecule has 0 radical (unpaired) electrons. The van der Waals surface area contributed by atoms with Crippen LogP contribution in [0.15, 0.2) is 18.3 Å². The maximum absolute atomic E-state index is 12.9. The van der Waals surface area contributed by atoms with Gasteiger partial charge < -0.3 is 10.6 Å². The zero-order valence-corrected chi connectivity index (χ0v) is 12.2. The zero-order valence-electron chi connectivity index (χ0n) is 11.4. The summed E-state index contributed by atoms with van der Waals surface area (Å²) >= 11 is 2.03. The van der Waals surface area contributed by atoms with Crippen LogP contribution in [0.5, 0.6) is 0 Å². The minimum atomic E-state index is -0.312. The average molecular weight is 283 g/mol. The first-order valence-corrected chi connectivity index (χ1v) is 7.99. The zero-order chi connectivity index (χ0) is 13.7. The summed E-state index contributed by atoms with van der Waals surface area (Å²) in [4.78, 5) is 6.57. The van der Waals surface area contributed by atoms with E-state index in [1.54, 1.807) is 6.07 Å². The maximum Gasteiger partial charge on any atom is 0.141 e. The van der Waals surface area contributed by atoms with Crippen molar-refractivity contribution in [1.82, 2.24) is 9.88 Å². The van der Waals surface area contributed by atoms with E-state index in [0.29, 0.717) is 5.92 Å². The van der Waals surface area contributed by atoms with Gasteiger partial charge in [-0.15, -0.1) is 0 Å². The smallest absolute Gasteiger partial charge is 0.141 e. The van der Waals surface area contributed by atoms with Crippen molar-refractivity contribution in [3.8, 4) is 0 Å². The molecular formula is C14H22FN3S. The predicted octanol–water partition coefficient (Wildman–Crippen LogP) is 2.30. The number of nitrogens with zero attached hydrogens (tertiary/aromatic N) is 2. The molecule has 2 unspecified atom stereocenters. The summed E-state index contributed by atoms with van der Waals surface area (Å²) in [5.74, 6) is 2.47. The highest BCUT2D eigenvalue weighted by atomic mass is 32.2. The Kier molecular flexibility index (Phi) is 5.60. The van der Waals surface area contributed by atoms with Crippen molar-refractivity contribution >= 4 is 11.8 Å². The van der Waals surface area contributed by atoms with Gasteiger partial charge in [-0.3, -0.25) is 4.98 Å². The highest BCUT2D eigenvalue weighted by Crippen LogP contribution is 2.20. The van der Waals surface area contributed by atoms with Crippen LogP contribution in [0.25, 0.3) is 0 Å². The first-order chi connectivity index (χ1) is 9.16. The number of halogens is 1. The third kappa shape index (κ3) is 4.44. The first-order valence-electron chi connectivity index (χ1n) is 6.84. The lowest BCUT2D eigenvalue weighted by atomic mass is 9.98. The Morgan fingerprint density at radius 1 is 1.42 bits per heavy atom. The molecule has 1 fully saturated rings. The molecule has 3 nitrogen and oxygen atoms in total. The summed E-state index contributed by atoms with van der Waals surface area (Å²) in [6.45, 7) is 5.42. The normalized spacial score (nSPS) is 20.8. The van der Waals surface area contributed by atoms with Gasteiger partial charge >= 0.3 is 0 Å². The van der Waals surface area contributed by atoms with Crippen LogP contribution in [0, 0.1) is 11.7 Å². The number of aromatic nitrogens is 1.